The Morgan fingerprint density at radius 3 is 2.12 bits per heavy atom. The van der Waals surface area contributed by atoms with Crippen molar-refractivity contribution in [2.75, 3.05) is 25.0 Å². The quantitative estimate of drug-likeness (QED) is 0.232. The Morgan fingerprint density at radius 2 is 1.50 bits per heavy atom. The molecule has 0 saturated carbocycles. The summed E-state index contributed by atoms with van der Waals surface area (Å²) in [6.45, 7) is -0.447. The van der Waals surface area contributed by atoms with Crippen LogP contribution in [0.3, 0.4) is 0 Å². The maximum Gasteiger partial charge on any atom is 0.264 e. The van der Waals surface area contributed by atoms with Gasteiger partial charge in [0.1, 0.15) is 18.3 Å². The van der Waals surface area contributed by atoms with Gasteiger partial charge in [-0.15, -0.1) is 0 Å². The number of likely N-dealkylation sites (N-methyl/N-ethyl adjacent to an activating group) is 1. The van der Waals surface area contributed by atoms with Crippen LogP contribution in [0.4, 0.5) is 5.69 Å². The molecule has 0 aliphatic carbocycles. The number of rotatable bonds is 12. The molecular formula is C32H32BrN3O5S. The summed E-state index contributed by atoms with van der Waals surface area (Å²) in [6, 6.07) is 30.4. The van der Waals surface area contributed by atoms with Crippen molar-refractivity contribution in [1.29, 1.82) is 0 Å². The molecule has 4 rings (SSSR count). The van der Waals surface area contributed by atoms with E-state index >= 15 is 0 Å². The van der Waals surface area contributed by atoms with E-state index in [-0.39, 0.29) is 29.5 Å². The van der Waals surface area contributed by atoms with Gasteiger partial charge >= 0.3 is 0 Å². The number of carbonyl (C=O) groups excluding carboxylic acids is 2. The number of hydrogen-bond donors (Lipinski definition) is 1. The van der Waals surface area contributed by atoms with Gasteiger partial charge in [0.05, 0.1) is 17.7 Å². The van der Waals surface area contributed by atoms with Crippen LogP contribution < -0.4 is 14.4 Å². The highest BCUT2D eigenvalue weighted by Crippen LogP contribution is 2.28. The second-order valence-corrected chi connectivity index (χ2v) is 12.3. The molecule has 0 bridgehead atoms. The summed E-state index contributed by atoms with van der Waals surface area (Å²) < 4.78 is 35.2. The maximum absolute atomic E-state index is 14.3. The lowest BCUT2D eigenvalue weighted by molar-refractivity contribution is -0.139. The fourth-order valence-electron chi connectivity index (χ4n) is 4.52. The largest absolute Gasteiger partial charge is 0.497 e. The summed E-state index contributed by atoms with van der Waals surface area (Å²) in [5.74, 6) is -0.458. The molecule has 0 saturated heterocycles. The number of sulfonamides is 1. The summed E-state index contributed by atoms with van der Waals surface area (Å²) in [5.41, 5.74) is 1.91. The third kappa shape index (κ3) is 7.57. The van der Waals surface area contributed by atoms with Crippen molar-refractivity contribution in [3.8, 4) is 5.75 Å². The molecule has 218 valence electrons. The average Bonchev–Trinajstić information content (AvgIpc) is 3.02. The minimum atomic E-state index is -4.17. The second kappa shape index (κ2) is 14.2. The number of carbonyl (C=O) groups is 2. The molecule has 0 radical (unpaired) electrons. The Hall–Kier alpha value is -4.15. The summed E-state index contributed by atoms with van der Waals surface area (Å²) in [6.07, 6.45) is 0.243. The van der Waals surface area contributed by atoms with E-state index in [4.69, 9.17) is 4.74 Å². The molecule has 8 nitrogen and oxygen atoms in total. The van der Waals surface area contributed by atoms with Crippen LogP contribution in [0.15, 0.2) is 119 Å². The zero-order chi connectivity index (χ0) is 30.1. The Labute approximate surface area is 255 Å². The summed E-state index contributed by atoms with van der Waals surface area (Å²) in [4.78, 5) is 29.1. The number of methoxy groups -OCH3 is 1. The van der Waals surface area contributed by atoms with Crippen LogP contribution in [0, 0.1) is 0 Å². The monoisotopic (exact) mass is 649 g/mol. The van der Waals surface area contributed by atoms with Crippen molar-refractivity contribution in [2.24, 2.45) is 0 Å². The number of anilines is 1. The molecule has 42 heavy (non-hydrogen) atoms. The number of nitrogens with zero attached hydrogens (tertiary/aromatic N) is 2. The number of benzene rings is 4. The van der Waals surface area contributed by atoms with Gasteiger partial charge in [-0.1, -0.05) is 82.7 Å². The standard InChI is InChI=1S/C32H32BrN3O5S/c1-34-32(38)30(20-24-10-5-3-6-11-24)35(22-25-16-18-26(33)19-17-25)31(37)23-36(27-12-9-13-28(21-27)41-2)42(39,40)29-14-7-4-8-15-29/h3-19,21,30H,20,22-23H2,1-2H3,(H,34,38)/t30-/m0/s1. The van der Waals surface area contributed by atoms with Gasteiger partial charge < -0.3 is 15.0 Å². The van der Waals surface area contributed by atoms with Crippen LogP contribution in [-0.2, 0) is 32.6 Å². The zero-order valence-corrected chi connectivity index (χ0v) is 25.7. The van der Waals surface area contributed by atoms with Crippen LogP contribution in [0.25, 0.3) is 0 Å². The van der Waals surface area contributed by atoms with Crippen molar-refractivity contribution in [3.05, 3.63) is 125 Å². The lowest BCUT2D eigenvalue weighted by atomic mass is 10.0. The molecule has 1 N–H and O–H groups in total. The van der Waals surface area contributed by atoms with Gasteiger partial charge in [0, 0.05) is 30.6 Å². The van der Waals surface area contributed by atoms with Crippen molar-refractivity contribution in [3.63, 3.8) is 0 Å². The van der Waals surface area contributed by atoms with Gasteiger partial charge in [-0.25, -0.2) is 8.42 Å². The van der Waals surface area contributed by atoms with E-state index < -0.39 is 28.5 Å². The van der Waals surface area contributed by atoms with E-state index in [9.17, 15) is 18.0 Å². The van der Waals surface area contributed by atoms with Crippen LogP contribution in [0.2, 0.25) is 0 Å². The minimum Gasteiger partial charge on any atom is -0.497 e. The lowest BCUT2D eigenvalue weighted by Gasteiger charge is -2.33. The third-order valence-electron chi connectivity index (χ3n) is 6.74. The summed E-state index contributed by atoms with van der Waals surface area (Å²) in [7, 11) is -1.17. The van der Waals surface area contributed by atoms with Crippen molar-refractivity contribution < 1.29 is 22.7 Å². The molecule has 0 fully saturated rings. The molecule has 1 atom stereocenters. The van der Waals surface area contributed by atoms with E-state index in [0.717, 1.165) is 19.9 Å². The Kier molecular flexibility index (Phi) is 10.4. The first-order chi connectivity index (χ1) is 20.2. The Bertz CT molecular complexity index is 1600. The van der Waals surface area contributed by atoms with E-state index in [1.165, 1.54) is 31.2 Å². The molecular weight excluding hydrogens is 618 g/mol. The first kappa shape index (κ1) is 30.8. The molecule has 0 aromatic heterocycles. The zero-order valence-electron chi connectivity index (χ0n) is 23.3. The predicted molar refractivity (Wildman–Crippen MR) is 167 cm³/mol. The van der Waals surface area contributed by atoms with Gasteiger partial charge in [0.15, 0.2) is 0 Å². The Balaban J connectivity index is 1.79. The van der Waals surface area contributed by atoms with Gasteiger partial charge in [-0.2, -0.15) is 0 Å². The molecule has 10 heteroatoms. The van der Waals surface area contributed by atoms with Crippen LogP contribution in [0.1, 0.15) is 11.1 Å². The molecule has 4 aromatic rings. The molecule has 0 heterocycles. The number of hydrogen-bond acceptors (Lipinski definition) is 5. The molecule has 0 spiro atoms. The van der Waals surface area contributed by atoms with Gasteiger partial charge in [-0.3, -0.25) is 13.9 Å². The van der Waals surface area contributed by atoms with Gasteiger partial charge in [0.25, 0.3) is 10.0 Å². The van der Waals surface area contributed by atoms with E-state index in [1.54, 1.807) is 42.5 Å². The van der Waals surface area contributed by atoms with Crippen molar-refractivity contribution in [1.82, 2.24) is 10.2 Å². The SMILES string of the molecule is CNC(=O)[C@H](Cc1ccccc1)N(Cc1ccc(Br)cc1)C(=O)CN(c1cccc(OC)c1)S(=O)(=O)c1ccccc1. The first-order valence-corrected chi connectivity index (χ1v) is 15.5. The molecule has 0 aliphatic rings. The number of halogens is 1. The maximum atomic E-state index is 14.3. The highest BCUT2D eigenvalue weighted by Gasteiger charge is 2.34. The summed E-state index contributed by atoms with van der Waals surface area (Å²) >= 11 is 3.43. The van der Waals surface area contributed by atoms with Crippen LogP contribution in [-0.4, -0.2) is 51.9 Å². The van der Waals surface area contributed by atoms with Crippen LogP contribution in [0.5, 0.6) is 5.75 Å². The average molecular weight is 651 g/mol. The normalized spacial score (nSPS) is 11.8. The van der Waals surface area contributed by atoms with E-state index in [2.05, 4.69) is 21.2 Å². The Morgan fingerprint density at radius 1 is 0.857 bits per heavy atom. The fourth-order valence-corrected chi connectivity index (χ4v) is 6.21. The minimum absolute atomic E-state index is 0.0345. The number of amides is 2. The van der Waals surface area contributed by atoms with Gasteiger partial charge in [0.2, 0.25) is 11.8 Å². The van der Waals surface area contributed by atoms with Crippen molar-refractivity contribution in [2.45, 2.75) is 23.9 Å². The second-order valence-electron chi connectivity index (χ2n) is 9.49. The topological polar surface area (TPSA) is 96.0 Å². The molecule has 0 aliphatic heterocycles. The van der Waals surface area contributed by atoms with Gasteiger partial charge in [-0.05, 0) is 47.5 Å². The predicted octanol–water partition coefficient (Wildman–Crippen LogP) is 5.04. The molecule has 4 aromatic carbocycles. The highest BCUT2D eigenvalue weighted by atomic mass is 79.9. The lowest BCUT2D eigenvalue weighted by Crippen LogP contribution is -2.53. The van der Waals surface area contributed by atoms with Crippen molar-refractivity contribution >= 4 is 43.5 Å². The smallest absolute Gasteiger partial charge is 0.264 e. The molecule has 2 amide bonds. The fraction of sp³-hybridized carbons (Fsp3) is 0.188. The number of nitrogens with one attached hydrogen (secondary N) is 1. The first-order valence-electron chi connectivity index (χ1n) is 13.2. The molecule has 0 unspecified atom stereocenters. The number of ether oxygens (including phenoxy) is 1. The van der Waals surface area contributed by atoms with E-state index in [1.807, 2.05) is 54.6 Å². The summed E-state index contributed by atoms with van der Waals surface area (Å²) in [5, 5.41) is 2.68. The third-order valence-corrected chi connectivity index (χ3v) is 9.05. The van der Waals surface area contributed by atoms with E-state index in [0.29, 0.717) is 5.75 Å². The van der Waals surface area contributed by atoms with Crippen LogP contribution >= 0.6 is 15.9 Å². The highest BCUT2D eigenvalue weighted by molar-refractivity contribution is 9.10.